The quantitative estimate of drug-likeness (QED) is 0.874. The van der Waals surface area contributed by atoms with Gasteiger partial charge in [0.05, 0.1) is 10.6 Å². The lowest BCUT2D eigenvalue weighted by Gasteiger charge is -2.13. The van der Waals surface area contributed by atoms with Crippen molar-refractivity contribution in [2.24, 2.45) is 5.92 Å². The topological polar surface area (TPSA) is 61.4 Å². The van der Waals surface area contributed by atoms with Crippen LogP contribution in [0.2, 0.25) is 5.02 Å². The lowest BCUT2D eigenvalue weighted by Crippen LogP contribution is -2.22. The average molecular weight is 324 g/mol. The molecule has 120 valence electrons. The molecule has 0 radical (unpaired) electrons. The zero-order valence-electron chi connectivity index (χ0n) is 13.0. The number of nitrogens with one attached hydrogen (secondary N) is 2. The number of carbonyl (C=O) groups is 2. The molecule has 1 aliphatic heterocycles. The van der Waals surface area contributed by atoms with Gasteiger partial charge in [-0.1, -0.05) is 11.6 Å². The number of anilines is 1. The predicted molar refractivity (Wildman–Crippen MR) is 88.3 cm³/mol. The van der Waals surface area contributed by atoms with Crippen LogP contribution < -0.4 is 10.6 Å². The first kappa shape index (κ1) is 16.8. The van der Waals surface area contributed by atoms with Gasteiger partial charge in [0.2, 0.25) is 5.91 Å². The lowest BCUT2D eigenvalue weighted by atomic mass is 10.0. The molecule has 2 N–H and O–H groups in total. The van der Waals surface area contributed by atoms with E-state index in [0.29, 0.717) is 28.6 Å². The van der Waals surface area contributed by atoms with Crippen LogP contribution in [0.1, 0.15) is 29.6 Å². The first-order valence-corrected chi connectivity index (χ1v) is 7.87. The Morgan fingerprint density at radius 2 is 2.18 bits per heavy atom. The van der Waals surface area contributed by atoms with E-state index in [0.717, 1.165) is 25.9 Å². The highest BCUT2D eigenvalue weighted by molar-refractivity contribution is 6.34. The van der Waals surface area contributed by atoms with E-state index in [1.807, 2.05) is 0 Å². The largest absolute Gasteiger partial charge is 0.345 e. The minimum Gasteiger partial charge on any atom is -0.345 e. The third kappa shape index (κ3) is 4.45. The summed E-state index contributed by atoms with van der Waals surface area (Å²) in [5.74, 6) is 0.417. The summed E-state index contributed by atoms with van der Waals surface area (Å²) in [5.41, 5.74) is 1.05. The molecule has 2 rings (SSSR count). The lowest BCUT2D eigenvalue weighted by molar-refractivity contribution is -0.116. The van der Waals surface area contributed by atoms with E-state index in [1.165, 1.54) is 4.90 Å². The molecule has 1 aromatic carbocycles. The molecule has 0 aliphatic carbocycles. The number of halogens is 1. The Morgan fingerprint density at radius 1 is 1.41 bits per heavy atom. The molecule has 1 atom stereocenters. The van der Waals surface area contributed by atoms with E-state index in [4.69, 9.17) is 11.6 Å². The fourth-order valence-corrected chi connectivity index (χ4v) is 2.79. The van der Waals surface area contributed by atoms with Crippen LogP contribution in [0.5, 0.6) is 0 Å². The number of benzene rings is 1. The minimum absolute atomic E-state index is 0.0188. The maximum atomic E-state index is 12.0. The highest BCUT2D eigenvalue weighted by Crippen LogP contribution is 2.22. The van der Waals surface area contributed by atoms with Crippen LogP contribution in [-0.4, -0.2) is 43.9 Å². The zero-order chi connectivity index (χ0) is 16.1. The molecule has 0 aromatic heterocycles. The summed E-state index contributed by atoms with van der Waals surface area (Å²) in [5, 5.41) is 6.47. The van der Waals surface area contributed by atoms with Crippen molar-refractivity contribution in [2.75, 3.05) is 32.5 Å². The van der Waals surface area contributed by atoms with Crippen LogP contribution in [0.3, 0.4) is 0 Å². The van der Waals surface area contributed by atoms with Gasteiger partial charge in [-0.15, -0.1) is 0 Å². The van der Waals surface area contributed by atoms with Gasteiger partial charge < -0.3 is 15.5 Å². The summed E-state index contributed by atoms with van der Waals surface area (Å²) < 4.78 is 0. The van der Waals surface area contributed by atoms with Gasteiger partial charge in [-0.3, -0.25) is 9.59 Å². The summed E-state index contributed by atoms with van der Waals surface area (Å²) in [4.78, 5) is 25.3. The highest BCUT2D eigenvalue weighted by atomic mass is 35.5. The fraction of sp³-hybridized carbons (Fsp3) is 0.500. The molecule has 1 fully saturated rings. The second kappa shape index (κ2) is 7.61. The van der Waals surface area contributed by atoms with Crippen LogP contribution in [0, 0.1) is 5.92 Å². The summed E-state index contributed by atoms with van der Waals surface area (Å²) >= 11 is 6.13. The van der Waals surface area contributed by atoms with E-state index in [9.17, 15) is 9.59 Å². The monoisotopic (exact) mass is 323 g/mol. The van der Waals surface area contributed by atoms with Gasteiger partial charge in [0.25, 0.3) is 5.91 Å². The van der Waals surface area contributed by atoms with Crippen LogP contribution in [0.4, 0.5) is 5.69 Å². The molecule has 1 aliphatic rings. The van der Waals surface area contributed by atoms with Gasteiger partial charge in [-0.2, -0.15) is 0 Å². The van der Waals surface area contributed by atoms with Crippen LogP contribution in [0.25, 0.3) is 0 Å². The van der Waals surface area contributed by atoms with Crippen molar-refractivity contribution in [3.8, 4) is 0 Å². The Labute approximate surface area is 136 Å². The van der Waals surface area contributed by atoms with Gasteiger partial charge in [-0.25, -0.2) is 0 Å². The number of carbonyl (C=O) groups excluding carboxylic acids is 2. The van der Waals surface area contributed by atoms with Gasteiger partial charge in [0.1, 0.15) is 0 Å². The highest BCUT2D eigenvalue weighted by Gasteiger charge is 2.16. The molecule has 2 amide bonds. The number of nitrogens with zero attached hydrogens (tertiary/aromatic N) is 1. The first-order valence-electron chi connectivity index (χ1n) is 7.49. The van der Waals surface area contributed by atoms with Gasteiger partial charge in [0, 0.05) is 26.2 Å². The van der Waals surface area contributed by atoms with Crippen molar-refractivity contribution in [2.45, 2.75) is 19.3 Å². The van der Waals surface area contributed by atoms with E-state index in [2.05, 4.69) is 10.6 Å². The van der Waals surface area contributed by atoms with Crippen molar-refractivity contribution in [3.63, 3.8) is 0 Å². The van der Waals surface area contributed by atoms with Crippen molar-refractivity contribution in [1.29, 1.82) is 0 Å². The standard InChI is InChI=1S/C16H22ClN3O2/c1-20(2)16(22)13-5-4-12(9-14(13)17)19-15(21)6-3-11-7-8-18-10-11/h4-5,9,11,18H,3,6-8,10H2,1-2H3,(H,19,21). The molecule has 6 heteroatoms. The van der Waals surface area contributed by atoms with E-state index in [-0.39, 0.29) is 11.8 Å². The molecule has 5 nitrogen and oxygen atoms in total. The van der Waals surface area contributed by atoms with E-state index >= 15 is 0 Å². The van der Waals surface area contributed by atoms with Crippen molar-refractivity contribution < 1.29 is 9.59 Å². The molecule has 1 unspecified atom stereocenters. The smallest absolute Gasteiger partial charge is 0.254 e. The van der Waals surface area contributed by atoms with Gasteiger partial charge in [-0.05, 0) is 50.0 Å². The summed E-state index contributed by atoms with van der Waals surface area (Å²) in [6.07, 6.45) is 2.53. The molecule has 0 saturated carbocycles. The average Bonchev–Trinajstić information content (AvgIpc) is 2.98. The van der Waals surface area contributed by atoms with Crippen molar-refractivity contribution >= 4 is 29.1 Å². The minimum atomic E-state index is -0.156. The molecule has 1 saturated heterocycles. The second-order valence-electron chi connectivity index (χ2n) is 5.84. The van der Waals surface area contributed by atoms with Crippen LogP contribution >= 0.6 is 11.6 Å². The maximum Gasteiger partial charge on any atom is 0.254 e. The molecular formula is C16H22ClN3O2. The number of hydrogen-bond donors (Lipinski definition) is 2. The third-order valence-electron chi connectivity index (χ3n) is 3.83. The van der Waals surface area contributed by atoms with Crippen molar-refractivity contribution in [1.82, 2.24) is 10.2 Å². The number of amides is 2. The predicted octanol–water partition coefficient (Wildman–Crippen LogP) is 2.37. The van der Waals surface area contributed by atoms with Crippen molar-refractivity contribution in [3.05, 3.63) is 28.8 Å². The summed E-state index contributed by atoms with van der Waals surface area (Å²) in [6.45, 7) is 2.05. The SMILES string of the molecule is CN(C)C(=O)c1ccc(NC(=O)CCC2CCNC2)cc1Cl. The first-order chi connectivity index (χ1) is 10.5. The van der Waals surface area contributed by atoms with E-state index < -0.39 is 0 Å². The molecular weight excluding hydrogens is 302 g/mol. The van der Waals surface area contributed by atoms with E-state index in [1.54, 1.807) is 32.3 Å². The Hall–Kier alpha value is -1.59. The normalized spacial score (nSPS) is 17.3. The third-order valence-corrected chi connectivity index (χ3v) is 4.14. The van der Waals surface area contributed by atoms with Crippen LogP contribution in [-0.2, 0) is 4.79 Å². The maximum absolute atomic E-state index is 12.0. The Bertz CT molecular complexity index is 554. The summed E-state index contributed by atoms with van der Waals surface area (Å²) in [7, 11) is 3.35. The Balaban J connectivity index is 1.91. The van der Waals surface area contributed by atoms with Gasteiger partial charge in [0.15, 0.2) is 0 Å². The number of hydrogen-bond acceptors (Lipinski definition) is 3. The van der Waals surface area contributed by atoms with Crippen LogP contribution in [0.15, 0.2) is 18.2 Å². The summed E-state index contributed by atoms with van der Waals surface area (Å²) in [6, 6.07) is 4.96. The second-order valence-corrected chi connectivity index (χ2v) is 6.25. The molecule has 0 bridgehead atoms. The molecule has 1 aromatic rings. The molecule has 22 heavy (non-hydrogen) atoms. The zero-order valence-corrected chi connectivity index (χ0v) is 13.7. The van der Waals surface area contributed by atoms with Gasteiger partial charge >= 0.3 is 0 Å². The molecule has 0 spiro atoms. The molecule has 1 heterocycles. The number of rotatable bonds is 5. The Morgan fingerprint density at radius 3 is 2.77 bits per heavy atom. The fourth-order valence-electron chi connectivity index (χ4n) is 2.53. The Kier molecular flexibility index (Phi) is 5.80.